The number of anilines is 2. The van der Waals surface area contributed by atoms with Gasteiger partial charge in [0.2, 0.25) is 0 Å². The van der Waals surface area contributed by atoms with Gasteiger partial charge in [0.25, 0.3) is 0 Å². The van der Waals surface area contributed by atoms with Gasteiger partial charge in [-0.25, -0.2) is 9.59 Å². The second-order valence-corrected chi connectivity index (χ2v) is 10.6. The summed E-state index contributed by atoms with van der Waals surface area (Å²) in [5, 5.41) is 4.01. The van der Waals surface area contributed by atoms with Crippen LogP contribution < -0.4 is 11.1 Å². The van der Waals surface area contributed by atoms with E-state index in [1.54, 1.807) is 36.4 Å². The van der Waals surface area contributed by atoms with Crippen molar-refractivity contribution in [3.8, 4) is 0 Å². The molecule has 0 saturated heterocycles. The number of hydrogen-bond donors (Lipinski definition) is 2. The first-order valence-corrected chi connectivity index (χ1v) is 12.0. The van der Waals surface area contributed by atoms with Gasteiger partial charge in [-0.2, -0.15) is 0 Å². The second-order valence-electron chi connectivity index (χ2n) is 10.2. The molecule has 6 nitrogen and oxygen atoms in total. The molecule has 192 valence electrons. The standard InChI is InChI=1S/C18H20ClNO2.C11H15NO2/c1-18(2,3)22-17(21)14-5-4-6-16(11-14)20-12-13-7-9-15(19)10-8-13;1-11(2,3)14-10(13)8-5-4-6-9(12)7-8/h4-11,20H,12H2,1-3H3;4-7H,12H2,1-3H3. The van der Waals surface area contributed by atoms with E-state index in [1.165, 1.54) is 0 Å². The highest BCUT2D eigenvalue weighted by Gasteiger charge is 2.18. The van der Waals surface area contributed by atoms with E-state index in [0.717, 1.165) is 16.3 Å². The number of benzene rings is 3. The lowest BCUT2D eigenvalue weighted by atomic mass is 10.1. The van der Waals surface area contributed by atoms with Crippen molar-refractivity contribution in [1.29, 1.82) is 0 Å². The number of nitrogens with one attached hydrogen (secondary N) is 1. The van der Waals surface area contributed by atoms with Gasteiger partial charge in [-0.3, -0.25) is 0 Å². The fourth-order valence-electron chi connectivity index (χ4n) is 2.90. The highest BCUT2D eigenvalue weighted by molar-refractivity contribution is 6.30. The maximum Gasteiger partial charge on any atom is 0.338 e. The third kappa shape index (κ3) is 10.8. The normalized spacial score (nSPS) is 11.1. The number of carbonyl (C=O) groups excluding carboxylic acids is 2. The summed E-state index contributed by atoms with van der Waals surface area (Å²) in [4.78, 5) is 23.6. The number of hydrogen-bond acceptors (Lipinski definition) is 6. The highest BCUT2D eigenvalue weighted by atomic mass is 35.5. The first-order chi connectivity index (χ1) is 16.7. The van der Waals surface area contributed by atoms with Crippen LogP contribution in [0.3, 0.4) is 0 Å². The topological polar surface area (TPSA) is 90.7 Å². The van der Waals surface area contributed by atoms with Crippen molar-refractivity contribution in [2.24, 2.45) is 0 Å². The molecule has 0 saturated carbocycles. The van der Waals surface area contributed by atoms with Crippen LogP contribution in [0.5, 0.6) is 0 Å². The van der Waals surface area contributed by atoms with E-state index in [-0.39, 0.29) is 11.9 Å². The average molecular weight is 511 g/mol. The molecule has 3 rings (SSSR count). The fourth-order valence-corrected chi connectivity index (χ4v) is 3.03. The molecule has 0 heterocycles. The smallest absolute Gasteiger partial charge is 0.338 e. The number of nitrogens with two attached hydrogens (primary N) is 1. The van der Waals surface area contributed by atoms with Gasteiger partial charge >= 0.3 is 11.9 Å². The monoisotopic (exact) mass is 510 g/mol. The number of nitrogen functional groups attached to an aromatic ring is 1. The number of ether oxygens (including phenoxy) is 2. The third-order valence-corrected chi connectivity index (χ3v) is 4.68. The maximum absolute atomic E-state index is 12.1. The molecule has 0 amide bonds. The molecule has 0 aliphatic carbocycles. The third-order valence-electron chi connectivity index (χ3n) is 4.43. The minimum atomic E-state index is -0.496. The molecule has 0 aliphatic heterocycles. The molecule has 0 atom stereocenters. The number of carbonyl (C=O) groups is 2. The summed E-state index contributed by atoms with van der Waals surface area (Å²) in [5.74, 6) is -0.660. The van der Waals surface area contributed by atoms with Crippen LogP contribution in [0.25, 0.3) is 0 Å². The molecule has 0 bridgehead atoms. The fraction of sp³-hybridized carbons (Fsp3) is 0.310. The molecule has 7 heteroatoms. The van der Waals surface area contributed by atoms with Crippen LogP contribution in [0.2, 0.25) is 5.02 Å². The summed E-state index contributed by atoms with van der Waals surface area (Å²) < 4.78 is 10.6. The summed E-state index contributed by atoms with van der Waals surface area (Å²) in [5.41, 5.74) is 8.16. The van der Waals surface area contributed by atoms with Crippen LogP contribution in [-0.2, 0) is 16.0 Å². The van der Waals surface area contributed by atoms with Crippen LogP contribution >= 0.6 is 11.6 Å². The zero-order chi connectivity index (χ0) is 26.9. The van der Waals surface area contributed by atoms with E-state index < -0.39 is 11.2 Å². The van der Waals surface area contributed by atoms with E-state index >= 15 is 0 Å². The Labute approximate surface area is 218 Å². The molecule has 0 spiro atoms. The number of halogens is 1. The van der Waals surface area contributed by atoms with E-state index in [2.05, 4.69) is 5.32 Å². The van der Waals surface area contributed by atoms with Crippen LogP contribution in [-0.4, -0.2) is 23.1 Å². The van der Waals surface area contributed by atoms with Crippen molar-refractivity contribution >= 4 is 34.9 Å². The molecular weight excluding hydrogens is 476 g/mol. The molecule has 0 fully saturated rings. The Bertz CT molecular complexity index is 1160. The zero-order valence-corrected chi connectivity index (χ0v) is 22.5. The van der Waals surface area contributed by atoms with Gasteiger partial charge in [0.15, 0.2) is 0 Å². The Morgan fingerprint density at radius 1 is 0.778 bits per heavy atom. The molecule has 36 heavy (non-hydrogen) atoms. The summed E-state index contributed by atoms with van der Waals surface area (Å²) in [7, 11) is 0. The van der Waals surface area contributed by atoms with Crippen molar-refractivity contribution in [2.45, 2.75) is 59.3 Å². The van der Waals surface area contributed by atoms with E-state index in [9.17, 15) is 9.59 Å². The molecule has 0 unspecified atom stereocenters. The molecule has 0 aliphatic rings. The minimum Gasteiger partial charge on any atom is -0.456 e. The van der Waals surface area contributed by atoms with E-state index in [1.807, 2.05) is 77.9 Å². The van der Waals surface area contributed by atoms with Crippen molar-refractivity contribution in [3.63, 3.8) is 0 Å². The molecule has 0 aromatic heterocycles. The van der Waals surface area contributed by atoms with Crippen molar-refractivity contribution in [3.05, 3.63) is 94.5 Å². The van der Waals surface area contributed by atoms with E-state index in [0.29, 0.717) is 23.4 Å². The van der Waals surface area contributed by atoms with Gasteiger partial charge in [-0.1, -0.05) is 35.9 Å². The molecule has 3 N–H and O–H groups in total. The quantitative estimate of drug-likeness (QED) is 0.280. The van der Waals surface area contributed by atoms with E-state index in [4.69, 9.17) is 26.8 Å². The van der Waals surface area contributed by atoms with Gasteiger partial charge in [0.1, 0.15) is 11.2 Å². The Kier molecular flexibility index (Phi) is 9.93. The molecule has 3 aromatic carbocycles. The van der Waals surface area contributed by atoms with Crippen molar-refractivity contribution in [1.82, 2.24) is 0 Å². The summed E-state index contributed by atoms with van der Waals surface area (Å²) in [6, 6.07) is 21.7. The Hall–Kier alpha value is -3.51. The largest absolute Gasteiger partial charge is 0.456 e. The molecule has 3 aromatic rings. The first kappa shape index (κ1) is 28.7. The van der Waals surface area contributed by atoms with Gasteiger partial charge in [0.05, 0.1) is 11.1 Å². The second kappa shape index (κ2) is 12.5. The highest BCUT2D eigenvalue weighted by Crippen LogP contribution is 2.17. The Balaban J connectivity index is 0.000000281. The van der Waals surface area contributed by atoms with Gasteiger partial charge < -0.3 is 20.5 Å². The van der Waals surface area contributed by atoms with Gasteiger partial charge in [-0.05, 0) is 95.6 Å². The van der Waals surface area contributed by atoms with Gasteiger partial charge in [0, 0.05) is 22.9 Å². The van der Waals surface area contributed by atoms with Crippen LogP contribution in [0.15, 0.2) is 72.8 Å². The number of rotatable bonds is 5. The maximum atomic E-state index is 12.1. The number of esters is 2. The summed E-state index contributed by atoms with van der Waals surface area (Å²) in [6.45, 7) is 11.7. The SMILES string of the molecule is CC(C)(C)OC(=O)c1cccc(N)c1.CC(C)(C)OC(=O)c1cccc(NCc2ccc(Cl)cc2)c1. The van der Waals surface area contributed by atoms with Crippen LogP contribution in [0, 0.1) is 0 Å². The predicted molar refractivity (Wildman–Crippen MR) is 146 cm³/mol. The van der Waals surface area contributed by atoms with Crippen LogP contribution in [0.4, 0.5) is 11.4 Å². The summed E-state index contributed by atoms with van der Waals surface area (Å²) >= 11 is 5.87. The lowest BCUT2D eigenvalue weighted by Gasteiger charge is -2.19. The first-order valence-electron chi connectivity index (χ1n) is 11.6. The minimum absolute atomic E-state index is 0.317. The van der Waals surface area contributed by atoms with Gasteiger partial charge in [-0.15, -0.1) is 0 Å². The lowest BCUT2D eigenvalue weighted by Crippen LogP contribution is -2.23. The Morgan fingerprint density at radius 3 is 1.78 bits per heavy atom. The molecular formula is C29H35ClN2O4. The lowest BCUT2D eigenvalue weighted by molar-refractivity contribution is 0.00571. The van der Waals surface area contributed by atoms with Crippen molar-refractivity contribution in [2.75, 3.05) is 11.1 Å². The van der Waals surface area contributed by atoms with Crippen molar-refractivity contribution < 1.29 is 19.1 Å². The molecule has 0 radical (unpaired) electrons. The average Bonchev–Trinajstić information content (AvgIpc) is 2.77. The Morgan fingerprint density at radius 2 is 1.28 bits per heavy atom. The summed E-state index contributed by atoms with van der Waals surface area (Å²) in [6.07, 6.45) is 0. The van der Waals surface area contributed by atoms with Crippen LogP contribution in [0.1, 0.15) is 67.8 Å². The zero-order valence-electron chi connectivity index (χ0n) is 21.7. The predicted octanol–water partition coefficient (Wildman–Crippen LogP) is 7.13.